The second kappa shape index (κ2) is 9.60. The largest absolute Gasteiger partial charge is 0.422 e. The van der Waals surface area contributed by atoms with Crippen LogP contribution in [0.15, 0.2) is 95.9 Å². The minimum atomic E-state index is -0.491. The molecule has 0 unspecified atom stereocenters. The Labute approximate surface area is 207 Å². The molecular formula is C29H21NO4S. The molecular weight excluding hydrogens is 458 g/mol. The van der Waals surface area contributed by atoms with Gasteiger partial charge in [0.1, 0.15) is 5.75 Å². The Balaban J connectivity index is 1.39. The van der Waals surface area contributed by atoms with Crippen molar-refractivity contribution in [2.24, 2.45) is 0 Å². The summed E-state index contributed by atoms with van der Waals surface area (Å²) in [5, 5.41) is 1.73. The number of fused-ring (bicyclic) bond motifs is 1. The third kappa shape index (κ3) is 4.74. The number of aryl methyl sites for hydroxylation is 1. The van der Waals surface area contributed by atoms with E-state index < -0.39 is 5.97 Å². The Morgan fingerprint density at radius 2 is 1.60 bits per heavy atom. The zero-order chi connectivity index (χ0) is 24.4. The van der Waals surface area contributed by atoms with Crippen molar-refractivity contribution in [1.29, 1.82) is 0 Å². The summed E-state index contributed by atoms with van der Waals surface area (Å²) in [6.07, 6.45) is 1.60. The maximum absolute atomic E-state index is 13.2. The predicted molar refractivity (Wildman–Crippen MR) is 138 cm³/mol. The average Bonchev–Trinajstić information content (AvgIpc) is 3.13. The van der Waals surface area contributed by atoms with Crippen LogP contribution in [0.4, 0.5) is 4.79 Å². The summed E-state index contributed by atoms with van der Waals surface area (Å²) in [5.74, 6) is -0.540. The van der Waals surface area contributed by atoms with Crippen molar-refractivity contribution in [1.82, 2.24) is 4.90 Å². The third-order valence-corrected chi connectivity index (χ3v) is 6.68. The zero-order valence-corrected chi connectivity index (χ0v) is 19.7. The Morgan fingerprint density at radius 3 is 2.43 bits per heavy atom. The number of esters is 1. The predicted octanol–water partition coefficient (Wildman–Crippen LogP) is 6.60. The number of thioether (sulfide) groups is 1. The van der Waals surface area contributed by atoms with Crippen LogP contribution in [0.3, 0.4) is 0 Å². The van der Waals surface area contributed by atoms with Gasteiger partial charge in [0.05, 0.1) is 17.0 Å². The van der Waals surface area contributed by atoms with Gasteiger partial charge >= 0.3 is 5.97 Å². The third-order valence-electron chi connectivity index (χ3n) is 5.78. The van der Waals surface area contributed by atoms with Gasteiger partial charge in [-0.05, 0) is 59.3 Å². The highest BCUT2D eigenvalue weighted by atomic mass is 32.2. The molecule has 1 aliphatic rings. The molecule has 4 aromatic carbocycles. The minimum absolute atomic E-state index is 0.188. The van der Waals surface area contributed by atoms with Gasteiger partial charge in [-0.15, -0.1) is 0 Å². The first-order valence-corrected chi connectivity index (χ1v) is 11.9. The molecule has 35 heavy (non-hydrogen) atoms. The smallest absolute Gasteiger partial charge is 0.343 e. The van der Waals surface area contributed by atoms with Crippen molar-refractivity contribution in [3.63, 3.8) is 0 Å². The highest BCUT2D eigenvalue weighted by Gasteiger charge is 2.35. The Morgan fingerprint density at radius 1 is 0.886 bits per heavy atom. The fourth-order valence-electron chi connectivity index (χ4n) is 3.92. The first-order chi connectivity index (χ1) is 17.0. The molecule has 5 rings (SSSR count). The lowest BCUT2D eigenvalue weighted by atomic mass is 10.0. The molecule has 1 aliphatic heterocycles. The normalized spacial score (nSPS) is 14.7. The van der Waals surface area contributed by atoms with Crippen LogP contribution < -0.4 is 4.74 Å². The first kappa shape index (κ1) is 22.6. The zero-order valence-electron chi connectivity index (χ0n) is 18.9. The number of imide groups is 1. The van der Waals surface area contributed by atoms with E-state index in [2.05, 4.69) is 0 Å². The SMILES string of the molecule is Cc1ccc(C(=O)Oc2ccccc2/C=C2\SC(=O)N(Cc3cccc4ccccc34)C2=O)cc1. The number of benzene rings is 4. The maximum Gasteiger partial charge on any atom is 0.343 e. The monoisotopic (exact) mass is 479 g/mol. The molecule has 4 aromatic rings. The quantitative estimate of drug-likeness (QED) is 0.183. The summed E-state index contributed by atoms with van der Waals surface area (Å²) in [6.45, 7) is 2.13. The molecule has 0 spiro atoms. The van der Waals surface area contributed by atoms with Crippen molar-refractivity contribution >= 4 is 45.7 Å². The molecule has 1 fully saturated rings. The van der Waals surface area contributed by atoms with Gasteiger partial charge in [0.25, 0.3) is 11.1 Å². The molecule has 6 heteroatoms. The average molecular weight is 480 g/mol. The van der Waals surface area contributed by atoms with Crippen molar-refractivity contribution in [2.75, 3.05) is 0 Å². The highest BCUT2D eigenvalue weighted by molar-refractivity contribution is 8.18. The van der Waals surface area contributed by atoms with Crippen LogP contribution >= 0.6 is 11.8 Å². The van der Waals surface area contributed by atoms with Crippen molar-refractivity contribution < 1.29 is 19.1 Å². The molecule has 2 amide bonds. The van der Waals surface area contributed by atoms with E-state index in [1.165, 1.54) is 4.90 Å². The van der Waals surface area contributed by atoms with Gasteiger partial charge in [-0.3, -0.25) is 14.5 Å². The van der Waals surface area contributed by atoms with E-state index in [4.69, 9.17) is 4.74 Å². The number of hydrogen-bond donors (Lipinski definition) is 0. The standard InChI is InChI=1S/C29H21NO4S/c1-19-13-15-21(16-14-19)28(32)34-25-12-5-3-8-22(25)17-26-27(31)30(29(33)35-26)18-23-10-6-9-20-7-2-4-11-24(20)23/h2-17H,18H2,1H3/b26-17-. The van der Waals surface area contributed by atoms with Gasteiger partial charge in [0.2, 0.25) is 0 Å². The molecule has 0 atom stereocenters. The number of carbonyl (C=O) groups is 3. The number of carbonyl (C=O) groups excluding carboxylic acids is 3. The molecule has 0 radical (unpaired) electrons. The molecule has 0 bridgehead atoms. The van der Waals surface area contributed by atoms with Crippen LogP contribution in [0.5, 0.6) is 5.75 Å². The van der Waals surface area contributed by atoms with Gasteiger partial charge in [-0.2, -0.15) is 0 Å². The summed E-state index contributed by atoms with van der Waals surface area (Å²) >= 11 is 0.885. The summed E-state index contributed by atoms with van der Waals surface area (Å²) in [4.78, 5) is 40.1. The lowest BCUT2D eigenvalue weighted by Gasteiger charge is -2.14. The second-order valence-electron chi connectivity index (χ2n) is 8.20. The van der Waals surface area contributed by atoms with Gasteiger partial charge in [0.15, 0.2) is 0 Å². The molecule has 0 aromatic heterocycles. The van der Waals surface area contributed by atoms with E-state index >= 15 is 0 Å². The van der Waals surface area contributed by atoms with Gasteiger partial charge in [0, 0.05) is 5.56 Å². The Kier molecular flexibility index (Phi) is 6.21. The molecule has 0 N–H and O–H groups in total. The van der Waals surface area contributed by atoms with Crippen LogP contribution in [0.2, 0.25) is 0 Å². The van der Waals surface area contributed by atoms with Gasteiger partial charge in [-0.1, -0.05) is 78.4 Å². The number of nitrogens with zero attached hydrogens (tertiary/aromatic N) is 1. The van der Waals surface area contributed by atoms with Crippen LogP contribution in [0.1, 0.15) is 27.0 Å². The number of amides is 2. The van der Waals surface area contributed by atoms with E-state index in [0.717, 1.165) is 33.7 Å². The van der Waals surface area contributed by atoms with E-state index in [9.17, 15) is 14.4 Å². The van der Waals surface area contributed by atoms with E-state index in [1.807, 2.05) is 61.5 Å². The lowest BCUT2D eigenvalue weighted by molar-refractivity contribution is -0.123. The van der Waals surface area contributed by atoms with E-state index in [-0.39, 0.29) is 22.6 Å². The number of rotatable bonds is 5. The molecule has 5 nitrogen and oxygen atoms in total. The number of hydrogen-bond acceptors (Lipinski definition) is 5. The summed E-state index contributed by atoms with van der Waals surface area (Å²) < 4.78 is 5.61. The highest BCUT2D eigenvalue weighted by Crippen LogP contribution is 2.35. The summed E-state index contributed by atoms with van der Waals surface area (Å²) in [7, 11) is 0. The minimum Gasteiger partial charge on any atom is -0.422 e. The Hall–Kier alpha value is -4.16. The fourth-order valence-corrected chi connectivity index (χ4v) is 4.75. The van der Waals surface area contributed by atoms with Gasteiger partial charge in [-0.25, -0.2) is 4.79 Å². The molecule has 0 aliphatic carbocycles. The number of para-hydroxylation sites is 1. The molecule has 1 saturated heterocycles. The fraction of sp³-hybridized carbons (Fsp3) is 0.0690. The van der Waals surface area contributed by atoms with Crippen molar-refractivity contribution in [3.8, 4) is 5.75 Å². The van der Waals surface area contributed by atoms with Crippen molar-refractivity contribution in [3.05, 3.63) is 118 Å². The van der Waals surface area contributed by atoms with Crippen molar-refractivity contribution in [2.45, 2.75) is 13.5 Å². The maximum atomic E-state index is 13.2. The Bertz CT molecular complexity index is 1490. The van der Waals surface area contributed by atoms with Crippen LogP contribution in [-0.4, -0.2) is 22.0 Å². The van der Waals surface area contributed by atoms with E-state index in [1.54, 1.807) is 42.5 Å². The molecule has 0 saturated carbocycles. The summed E-state index contributed by atoms with van der Waals surface area (Å²) in [6, 6.07) is 27.8. The van der Waals surface area contributed by atoms with Crippen LogP contribution in [-0.2, 0) is 11.3 Å². The second-order valence-corrected chi connectivity index (χ2v) is 9.19. The topological polar surface area (TPSA) is 63.7 Å². The number of ether oxygens (including phenoxy) is 1. The first-order valence-electron chi connectivity index (χ1n) is 11.1. The van der Waals surface area contributed by atoms with Gasteiger partial charge < -0.3 is 4.74 Å². The molecule has 172 valence electrons. The lowest BCUT2D eigenvalue weighted by Crippen LogP contribution is -2.27. The molecule has 1 heterocycles. The van der Waals surface area contributed by atoms with E-state index in [0.29, 0.717) is 16.9 Å². The van der Waals surface area contributed by atoms with Crippen LogP contribution in [0, 0.1) is 6.92 Å². The summed E-state index contributed by atoms with van der Waals surface area (Å²) in [5.41, 5.74) is 2.92. The van der Waals surface area contributed by atoms with Crippen LogP contribution in [0.25, 0.3) is 16.8 Å².